The molecule has 0 radical (unpaired) electrons. The van der Waals surface area contributed by atoms with E-state index in [-0.39, 0.29) is 5.92 Å². The van der Waals surface area contributed by atoms with Gasteiger partial charge >= 0.3 is 0 Å². The lowest BCUT2D eigenvalue weighted by Gasteiger charge is -2.35. The van der Waals surface area contributed by atoms with Crippen molar-refractivity contribution in [2.75, 3.05) is 31.6 Å². The summed E-state index contributed by atoms with van der Waals surface area (Å²) < 4.78 is 23.3. The Balaban J connectivity index is 1.76. The molecule has 1 aliphatic heterocycles. The number of likely N-dealkylation sites (tertiary alicyclic amines) is 1. The maximum absolute atomic E-state index is 11.7. The quantitative estimate of drug-likeness (QED) is 0.793. The molecule has 2 aromatic rings. The largest absolute Gasteiger partial charge is 0.302 e. The van der Waals surface area contributed by atoms with E-state index in [1.165, 1.54) is 17.4 Å². The van der Waals surface area contributed by atoms with Gasteiger partial charge in [0.05, 0.1) is 5.75 Å². The van der Waals surface area contributed by atoms with Crippen LogP contribution in [0.2, 0.25) is 0 Å². The van der Waals surface area contributed by atoms with Gasteiger partial charge in [-0.3, -0.25) is 0 Å². The molecule has 1 fully saturated rings. The molecule has 0 aromatic heterocycles. The van der Waals surface area contributed by atoms with Crippen molar-refractivity contribution >= 4 is 9.84 Å². The molecule has 2 aromatic carbocycles. The number of hydrogen-bond donors (Lipinski definition) is 0. The maximum atomic E-state index is 11.7. The van der Waals surface area contributed by atoms with E-state index in [0.717, 1.165) is 32.5 Å². The highest BCUT2D eigenvalue weighted by molar-refractivity contribution is 7.90. The molecule has 0 aliphatic carbocycles. The van der Waals surface area contributed by atoms with Gasteiger partial charge in [0.25, 0.3) is 0 Å². The Bertz CT molecular complexity index is 719. The topological polar surface area (TPSA) is 37.4 Å². The van der Waals surface area contributed by atoms with Gasteiger partial charge in [0.2, 0.25) is 0 Å². The Morgan fingerprint density at radius 3 is 2.08 bits per heavy atom. The summed E-state index contributed by atoms with van der Waals surface area (Å²) in [6.07, 6.45) is 3.45. The summed E-state index contributed by atoms with van der Waals surface area (Å²) >= 11 is 0. The van der Waals surface area contributed by atoms with Gasteiger partial charge in [-0.15, -0.1) is 0 Å². The summed E-state index contributed by atoms with van der Waals surface area (Å²) in [5.41, 5.74) is 2.64. The number of benzene rings is 2. The van der Waals surface area contributed by atoms with E-state index in [1.807, 2.05) is 0 Å². The van der Waals surface area contributed by atoms with Crippen molar-refractivity contribution in [3.05, 3.63) is 71.8 Å². The summed E-state index contributed by atoms with van der Waals surface area (Å²) in [5, 5.41) is 0. The predicted molar refractivity (Wildman–Crippen MR) is 104 cm³/mol. The van der Waals surface area contributed by atoms with Crippen molar-refractivity contribution in [3.8, 4) is 0 Å². The van der Waals surface area contributed by atoms with Crippen molar-refractivity contribution in [2.45, 2.75) is 18.8 Å². The monoisotopic (exact) mass is 357 g/mol. The first-order chi connectivity index (χ1) is 12.0. The minimum atomic E-state index is -2.91. The summed E-state index contributed by atoms with van der Waals surface area (Å²) in [4.78, 5) is 2.45. The Morgan fingerprint density at radius 2 is 1.56 bits per heavy atom. The van der Waals surface area contributed by atoms with E-state index >= 15 is 0 Å². The standard InChI is InChI=1S/C21H27NO2S/c1-25(23,24)17-18-9-8-14-22(15-18)16-21(19-10-4-2-5-11-19)20-12-6-3-7-13-20/h2-7,10-13,18,21H,8-9,14-17H2,1H3/t18-/m1/s1. The summed E-state index contributed by atoms with van der Waals surface area (Å²) in [6.45, 7) is 2.87. The zero-order valence-electron chi connectivity index (χ0n) is 14.8. The lowest BCUT2D eigenvalue weighted by atomic mass is 9.89. The normalized spacial score (nSPS) is 19.2. The van der Waals surface area contributed by atoms with Crippen LogP contribution >= 0.6 is 0 Å². The number of nitrogens with zero attached hydrogens (tertiary/aromatic N) is 1. The molecular formula is C21H27NO2S. The smallest absolute Gasteiger partial charge is 0.147 e. The van der Waals surface area contributed by atoms with Crippen LogP contribution in [0.1, 0.15) is 29.9 Å². The SMILES string of the molecule is CS(=O)(=O)C[C@@H]1CCCN(CC(c2ccccc2)c2ccccc2)C1. The molecule has 1 heterocycles. The van der Waals surface area contributed by atoms with E-state index in [1.54, 1.807) is 0 Å². The third kappa shape index (κ3) is 5.41. The van der Waals surface area contributed by atoms with Crippen LogP contribution in [-0.4, -0.2) is 45.0 Å². The second kappa shape index (κ2) is 8.15. The molecule has 0 unspecified atom stereocenters. The highest BCUT2D eigenvalue weighted by Gasteiger charge is 2.26. The lowest BCUT2D eigenvalue weighted by Crippen LogP contribution is -2.40. The van der Waals surface area contributed by atoms with Gasteiger partial charge in [-0.2, -0.15) is 0 Å². The van der Waals surface area contributed by atoms with Crippen LogP contribution in [0.15, 0.2) is 60.7 Å². The number of piperidine rings is 1. The van der Waals surface area contributed by atoms with Crippen LogP contribution in [0.4, 0.5) is 0 Å². The van der Waals surface area contributed by atoms with Gasteiger partial charge in [0, 0.05) is 25.3 Å². The van der Waals surface area contributed by atoms with Gasteiger partial charge in [0.1, 0.15) is 9.84 Å². The van der Waals surface area contributed by atoms with Crippen molar-refractivity contribution < 1.29 is 8.42 Å². The molecule has 0 spiro atoms. The van der Waals surface area contributed by atoms with Crippen LogP contribution < -0.4 is 0 Å². The molecule has 4 heteroatoms. The van der Waals surface area contributed by atoms with Crippen LogP contribution in [-0.2, 0) is 9.84 Å². The number of hydrogen-bond acceptors (Lipinski definition) is 3. The Labute approximate surface area is 151 Å². The van der Waals surface area contributed by atoms with Crippen LogP contribution in [0.5, 0.6) is 0 Å². The number of rotatable bonds is 6. The highest BCUT2D eigenvalue weighted by Crippen LogP contribution is 2.28. The third-order valence-electron chi connectivity index (χ3n) is 4.99. The molecule has 0 saturated carbocycles. The average Bonchev–Trinajstić information content (AvgIpc) is 2.60. The lowest BCUT2D eigenvalue weighted by molar-refractivity contribution is 0.180. The molecule has 3 nitrogen and oxygen atoms in total. The van der Waals surface area contributed by atoms with Crippen LogP contribution in [0.3, 0.4) is 0 Å². The van der Waals surface area contributed by atoms with Gasteiger partial charge in [-0.25, -0.2) is 8.42 Å². The zero-order chi connectivity index (χ0) is 17.7. The first kappa shape index (κ1) is 18.2. The Kier molecular flexibility index (Phi) is 5.92. The Morgan fingerprint density at radius 1 is 1.00 bits per heavy atom. The van der Waals surface area contributed by atoms with E-state index in [0.29, 0.717) is 11.7 Å². The van der Waals surface area contributed by atoms with Crippen molar-refractivity contribution in [1.29, 1.82) is 0 Å². The minimum absolute atomic E-state index is 0.260. The van der Waals surface area contributed by atoms with Gasteiger partial charge < -0.3 is 4.90 Å². The number of sulfone groups is 1. The van der Waals surface area contributed by atoms with Crippen LogP contribution in [0, 0.1) is 5.92 Å². The van der Waals surface area contributed by atoms with E-state index in [2.05, 4.69) is 65.6 Å². The van der Waals surface area contributed by atoms with E-state index in [9.17, 15) is 8.42 Å². The van der Waals surface area contributed by atoms with Crippen molar-refractivity contribution in [3.63, 3.8) is 0 Å². The predicted octanol–water partition coefficient (Wildman–Crippen LogP) is 3.58. The molecule has 25 heavy (non-hydrogen) atoms. The summed E-state index contributed by atoms with van der Waals surface area (Å²) in [5.74, 6) is 0.889. The van der Waals surface area contributed by atoms with Crippen LogP contribution in [0.25, 0.3) is 0 Å². The molecular weight excluding hydrogens is 330 g/mol. The van der Waals surface area contributed by atoms with E-state index in [4.69, 9.17) is 0 Å². The van der Waals surface area contributed by atoms with Crippen molar-refractivity contribution in [1.82, 2.24) is 4.90 Å². The third-order valence-corrected chi connectivity index (χ3v) is 6.06. The molecule has 0 N–H and O–H groups in total. The fraction of sp³-hybridized carbons (Fsp3) is 0.429. The first-order valence-corrected chi connectivity index (χ1v) is 11.1. The molecule has 0 bridgehead atoms. The molecule has 1 aliphatic rings. The molecule has 0 amide bonds. The fourth-order valence-electron chi connectivity index (χ4n) is 3.91. The average molecular weight is 358 g/mol. The minimum Gasteiger partial charge on any atom is -0.302 e. The second-order valence-corrected chi connectivity index (χ2v) is 9.42. The molecule has 134 valence electrons. The second-order valence-electron chi connectivity index (χ2n) is 7.23. The van der Waals surface area contributed by atoms with Gasteiger partial charge in [-0.1, -0.05) is 60.7 Å². The van der Waals surface area contributed by atoms with E-state index < -0.39 is 9.84 Å². The molecule has 3 rings (SSSR count). The van der Waals surface area contributed by atoms with Crippen molar-refractivity contribution in [2.24, 2.45) is 5.92 Å². The fourth-order valence-corrected chi connectivity index (χ4v) is 5.04. The zero-order valence-corrected chi connectivity index (χ0v) is 15.7. The van der Waals surface area contributed by atoms with Gasteiger partial charge in [-0.05, 0) is 36.4 Å². The summed E-state index contributed by atoms with van der Waals surface area (Å²) in [6, 6.07) is 21.2. The highest BCUT2D eigenvalue weighted by atomic mass is 32.2. The Hall–Kier alpha value is -1.65. The summed E-state index contributed by atoms with van der Waals surface area (Å²) in [7, 11) is -2.91. The van der Waals surface area contributed by atoms with Gasteiger partial charge in [0.15, 0.2) is 0 Å². The molecule has 1 saturated heterocycles. The first-order valence-electron chi connectivity index (χ1n) is 9.01. The molecule has 1 atom stereocenters. The maximum Gasteiger partial charge on any atom is 0.147 e.